The quantitative estimate of drug-likeness (QED) is 0.518. The fraction of sp³-hybridized carbons (Fsp3) is 0.800. The second-order valence-electron chi connectivity index (χ2n) is 1.39. The van der Waals surface area contributed by atoms with E-state index in [1.54, 1.807) is 0 Å². The van der Waals surface area contributed by atoms with E-state index in [1.807, 2.05) is 6.92 Å². The van der Waals surface area contributed by atoms with Gasteiger partial charge in [0, 0.05) is 0 Å². The summed E-state index contributed by atoms with van der Waals surface area (Å²) in [6, 6.07) is 1.50. The molecule has 0 unspecified atom stereocenters. The van der Waals surface area contributed by atoms with Gasteiger partial charge in [-0.1, -0.05) is 13.3 Å². The Labute approximate surface area is 42.8 Å². The van der Waals surface area contributed by atoms with Gasteiger partial charge in [0.1, 0.15) is 0 Å². The molecule has 0 aliphatic rings. The van der Waals surface area contributed by atoms with Gasteiger partial charge in [0.15, 0.2) is 6.17 Å². The Kier molecular flexibility index (Phi) is 3.31. The van der Waals surface area contributed by atoms with Crippen LogP contribution in [0, 0.1) is 11.3 Å². The van der Waals surface area contributed by atoms with Gasteiger partial charge in [-0.15, -0.1) is 0 Å². The molecule has 7 heavy (non-hydrogen) atoms. The number of hydrogen-bond donors (Lipinski definition) is 0. The van der Waals surface area contributed by atoms with Crippen LogP contribution in [0.15, 0.2) is 0 Å². The monoisotopic (exact) mass is 101 g/mol. The lowest BCUT2D eigenvalue weighted by atomic mass is 10.2. The molecule has 0 fully saturated rings. The third-order valence-electron chi connectivity index (χ3n) is 0.682. The van der Waals surface area contributed by atoms with Crippen LogP contribution in [0.3, 0.4) is 0 Å². The Bertz CT molecular complexity index is 74.6. The van der Waals surface area contributed by atoms with Gasteiger partial charge in [-0.25, -0.2) is 4.39 Å². The largest absolute Gasteiger partial charge is 0.231 e. The molecule has 0 radical (unpaired) electrons. The predicted molar refractivity (Wildman–Crippen MR) is 25.4 cm³/mol. The van der Waals surface area contributed by atoms with E-state index in [4.69, 9.17) is 5.26 Å². The minimum absolute atomic E-state index is 0.372. The first-order chi connectivity index (χ1) is 3.31. The summed E-state index contributed by atoms with van der Waals surface area (Å²) in [6.07, 6.45) is -0.129. The first-order valence-electron chi connectivity index (χ1n) is 2.35. The summed E-state index contributed by atoms with van der Waals surface area (Å²) in [6.45, 7) is 1.85. The van der Waals surface area contributed by atoms with Crippen molar-refractivity contribution in [2.45, 2.75) is 25.9 Å². The first-order valence-corrected chi connectivity index (χ1v) is 2.35. The second-order valence-corrected chi connectivity index (χ2v) is 1.39. The summed E-state index contributed by atoms with van der Waals surface area (Å²) in [5.74, 6) is 0. The maximum Gasteiger partial charge on any atom is 0.186 e. The third-order valence-corrected chi connectivity index (χ3v) is 0.682. The van der Waals surface area contributed by atoms with Crippen molar-refractivity contribution in [2.75, 3.05) is 0 Å². The van der Waals surface area contributed by atoms with Crippen molar-refractivity contribution in [3.05, 3.63) is 0 Å². The minimum atomic E-state index is -1.25. The molecule has 0 rings (SSSR count). The van der Waals surface area contributed by atoms with Crippen LogP contribution in [0.1, 0.15) is 19.8 Å². The van der Waals surface area contributed by atoms with E-state index in [9.17, 15) is 4.39 Å². The van der Waals surface area contributed by atoms with Gasteiger partial charge < -0.3 is 0 Å². The zero-order valence-corrected chi connectivity index (χ0v) is 4.32. The van der Waals surface area contributed by atoms with E-state index >= 15 is 0 Å². The highest BCUT2D eigenvalue weighted by Crippen LogP contribution is 1.97. The lowest BCUT2D eigenvalue weighted by Gasteiger charge is -1.89. The molecule has 0 saturated carbocycles. The molecule has 2 heteroatoms. The Morgan fingerprint density at radius 3 is 2.57 bits per heavy atom. The van der Waals surface area contributed by atoms with Crippen molar-refractivity contribution in [1.82, 2.24) is 0 Å². The summed E-state index contributed by atoms with van der Waals surface area (Å²) >= 11 is 0. The number of nitriles is 1. The Morgan fingerprint density at radius 2 is 2.43 bits per heavy atom. The number of halogens is 1. The molecule has 1 nitrogen and oxygen atoms in total. The Morgan fingerprint density at radius 1 is 1.86 bits per heavy atom. The van der Waals surface area contributed by atoms with Gasteiger partial charge >= 0.3 is 0 Å². The van der Waals surface area contributed by atoms with Crippen molar-refractivity contribution >= 4 is 0 Å². The molecule has 1 atom stereocenters. The van der Waals surface area contributed by atoms with E-state index in [-0.39, 0.29) is 0 Å². The molecule has 0 saturated heterocycles. The molecule has 0 aromatic rings. The maximum atomic E-state index is 11.8. The topological polar surface area (TPSA) is 23.8 Å². The van der Waals surface area contributed by atoms with E-state index < -0.39 is 6.17 Å². The van der Waals surface area contributed by atoms with Crippen molar-refractivity contribution in [1.29, 1.82) is 5.26 Å². The first kappa shape index (κ1) is 6.42. The number of rotatable bonds is 2. The van der Waals surface area contributed by atoms with Crippen molar-refractivity contribution < 1.29 is 4.39 Å². The zero-order chi connectivity index (χ0) is 5.70. The van der Waals surface area contributed by atoms with Crippen LogP contribution in [-0.2, 0) is 0 Å². The smallest absolute Gasteiger partial charge is 0.186 e. The minimum Gasteiger partial charge on any atom is -0.231 e. The SMILES string of the molecule is CCC[C@H](F)C#N. The molecule has 0 N–H and O–H groups in total. The third kappa shape index (κ3) is 3.24. The molecule has 40 valence electrons. The fourth-order valence-corrected chi connectivity index (χ4v) is 0.318. The Hall–Kier alpha value is -0.580. The van der Waals surface area contributed by atoms with Crippen LogP contribution in [0.5, 0.6) is 0 Å². The van der Waals surface area contributed by atoms with E-state index in [0.717, 1.165) is 6.42 Å². The molecule has 0 aliphatic carbocycles. The van der Waals surface area contributed by atoms with Crippen LogP contribution in [0.2, 0.25) is 0 Å². The van der Waals surface area contributed by atoms with Crippen LogP contribution in [0.4, 0.5) is 4.39 Å². The van der Waals surface area contributed by atoms with Gasteiger partial charge in [-0.3, -0.25) is 0 Å². The lowest BCUT2D eigenvalue weighted by molar-refractivity contribution is 0.384. The average molecular weight is 101 g/mol. The second kappa shape index (κ2) is 3.60. The highest BCUT2D eigenvalue weighted by atomic mass is 19.1. The van der Waals surface area contributed by atoms with Crippen LogP contribution >= 0.6 is 0 Å². The molecule has 0 aromatic carbocycles. The van der Waals surface area contributed by atoms with E-state index in [1.165, 1.54) is 6.07 Å². The Balaban J connectivity index is 3.04. The van der Waals surface area contributed by atoms with Gasteiger partial charge in [0.25, 0.3) is 0 Å². The van der Waals surface area contributed by atoms with Crippen LogP contribution < -0.4 is 0 Å². The highest BCUT2D eigenvalue weighted by molar-refractivity contribution is 4.81. The van der Waals surface area contributed by atoms with E-state index in [0.29, 0.717) is 6.42 Å². The summed E-state index contributed by atoms with van der Waals surface area (Å²) in [4.78, 5) is 0. The van der Waals surface area contributed by atoms with Gasteiger partial charge in [0.05, 0.1) is 6.07 Å². The van der Waals surface area contributed by atoms with E-state index in [2.05, 4.69) is 0 Å². The normalized spacial score (nSPS) is 12.7. The predicted octanol–water partition coefficient (Wildman–Crippen LogP) is 1.65. The van der Waals surface area contributed by atoms with Gasteiger partial charge in [-0.2, -0.15) is 5.26 Å². The number of hydrogen-bond acceptors (Lipinski definition) is 1. The molecule has 0 aromatic heterocycles. The molecular weight excluding hydrogens is 93.1 g/mol. The van der Waals surface area contributed by atoms with Gasteiger partial charge in [0.2, 0.25) is 0 Å². The zero-order valence-electron chi connectivity index (χ0n) is 4.32. The summed E-state index contributed by atoms with van der Waals surface area (Å²) < 4.78 is 11.8. The molecule has 0 amide bonds. The molecular formula is C5H8FN. The van der Waals surface area contributed by atoms with Gasteiger partial charge in [-0.05, 0) is 6.42 Å². The maximum absolute atomic E-state index is 11.8. The fourth-order valence-electron chi connectivity index (χ4n) is 0.318. The van der Waals surface area contributed by atoms with Crippen molar-refractivity contribution in [3.63, 3.8) is 0 Å². The number of nitrogens with zero attached hydrogens (tertiary/aromatic N) is 1. The summed E-state index contributed by atoms with van der Waals surface area (Å²) in [5.41, 5.74) is 0. The molecule has 0 bridgehead atoms. The van der Waals surface area contributed by atoms with Crippen LogP contribution in [-0.4, -0.2) is 6.17 Å². The van der Waals surface area contributed by atoms with Crippen molar-refractivity contribution in [3.8, 4) is 6.07 Å². The summed E-state index contributed by atoms with van der Waals surface area (Å²) in [7, 11) is 0. The molecule has 0 heterocycles. The van der Waals surface area contributed by atoms with Crippen LogP contribution in [0.25, 0.3) is 0 Å². The average Bonchev–Trinajstić information content (AvgIpc) is 1.68. The standard InChI is InChI=1S/C5H8FN/c1-2-3-5(6)4-7/h5H,2-3H2,1H3/t5-/m0/s1. The number of alkyl halides is 1. The van der Waals surface area contributed by atoms with Crippen molar-refractivity contribution in [2.24, 2.45) is 0 Å². The summed E-state index contributed by atoms with van der Waals surface area (Å²) in [5, 5.41) is 7.84. The molecule has 0 spiro atoms. The highest BCUT2D eigenvalue weighted by Gasteiger charge is 1.98. The lowest BCUT2D eigenvalue weighted by Crippen LogP contribution is -1.91. The molecule has 0 aliphatic heterocycles.